The molecular weight excluding hydrogens is 242 g/mol. The van der Waals surface area contributed by atoms with Gasteiger partial charge in [0, 0.05) is 18.9 Å². The lowest BCUT2D eigenvalue weighted by Crippen LogP contribution is -2.28. The van der Waals surface area contributed by atoms with Crippen molar-refractivity contribution in [2.75, 3.05) is 11.9 Å². The third-order valence-corrected chi connectivity index (χ3v) is 2.93. The van der Waals surface area contributed by atoms with Crippen molar-refractivity contribution in [3.63, 3.8) is 0 Å². The van der Waals surface area contributed by atoms with Gasteiger partial charge < -0.3 is 11.1 Å². The zero-order valence-electron chi connectivity index (χ0n) is 10.8. The molecule has 2 aromatic heterocycles. The lowest BCUT2D eigenvalue weighted by atomic mass is 10.1. The number of nitrogens with zero attached hydrogens (tertiary/aromatic N) is 3. The number of carbonyl (C=O) groups is 1. The van der Waals surface area contributed by atoms with Gasteiger partial charge in [-0.25, -0.2) is 9.97 Å². The zero-order valence-corrected chi connectivity index (χ0v) is 10.8. The van der Waals surface area contributed by atoms with E-state index in [2.05, 4.69) is 15.3 Å². The predicted octanol–water partition coefficient (Wildman–Crippen LogP) is 1.19. The maximum absolute atomic E-state index is 11.9. The number of nitrogens with two attached hydrogens (primary N) is 1. The van der Waals surface area contributed by atoms with Crippen LogP contribution in [0.25, 0.3) is 5.82 Å². The normalized spacial score (nSPS) is 12.1. The van der Waals surface area contributed by atoms with E-state index in [0.29, 0.717) is 12.2 Å². The highest BCUT2D eigenvalue weighted by molar-refractivity contribution is 5.92. The van der Waals surface area contributed by atoms with Gasteiger partial charge in [-0.05, 0) is 18.6 Å². The topological polar surface area (TPSA) is 85.8 Å². The molecule has 19 heavy (non-hydrogen) atoms. The van der Waals surface area contributed by atoms with Crippen molar-refractivity contribution in [2.45, 2.75) is 13.3 Å². The van der Waals surface area contributed by atoms with Gasteiger partial charge in [0.05, 0.1) is 17.8 Å². The van der Waals surface area contributed by atoms with E-state index < -0.39 is 0 Å². The van der Waals surface area contributed by atoms with Crippen LogP contribution in [0.1, 0.15) is 13.3 Å². The van der Waals surface area contributed by atoms with E-state index in [-0.39, 0.29) is 11.8 Å². The van der Waals surface area contributed by atoms with Gasteiger partial charge in [-0.15, -0.1) is 0 Å². The fourth-order valence-corrected chi connectivity index (χ4v) is 1.71. The first kappa shape index (κ1) is 13.2. The van der Waals surface area contributed by atoms with Gasteiger partial charge in [0.1, 0.15) is 12.1 Å². The molecule has 2 heterocycles. The number of rotatable bonds is 5. The lowest BCUT2D eigenvalue weighted by molar-refractivity contribution is -0.119. The van der Waals surface area contributed by atoms with Crippen LogP contribution in [0.5, 0.6) is 0 Å². The van der Waals surface area contributed by atoms with Crippen molar-refractivity contribution in [1.82, 2.24) is 14.5 Å². The Kier molecular flexibility index (Phi) is 4.25. The van der Waals surface area contributed by atoms with E-state index in [1.807, 2.05) is 25.3 Å². The van der Waals surface area contributed by atoms with Crippen molar-refractivity contribution < 1.29 is 4.79 Å². The molecule has 0 spiro atoms. The molecule has 100 valence electrons. The Morgan fingerprint density at radius 2 is 2.37 bits per heavy atom. The molecule has 0 aliphatic heterocycles. The van der Waals surface area contributed by atoms with Crippen molar-refractivity contribution in [1.29, 1.82) is 0 Å². The quantitative estimate of drug-likeness (QED) is 0.844. The molecule has 2 aromatic rings. The van der Waals surface area contributed by atoms with Crippen LogP contribution in [0.2, 0.25) is 0 Å². The molecule has 6 nitrogen and oxygen atoms in total. The van der Waals surface area contributed by atoms with Crippen molar-refractivity contribution in [3.8, 4) is 5.82 Å². The van der Waals surface area contributed by atoms with Gasteiger partial charge in [0.2, 0.25) is 5.91 Å². The maximum Gasteiger partial charge on any atom is 0.228 e. The Balaban J connectivity index is 2.05. The molecule has 0 fully saturated rings. The van der Waals surface area contributed by atoms with Crippen molar-refractivity contribution in [3.05, 3.63) is 37.1 Å². The molecule has 0 saturated heterocycles. The van der Waals surface area contributed by atoms with Crippen LogP contribution in [-0.2, 0) is 4.79 Å². The summed E-state index contributed by atoms with van der Waals surface area (Å²) in [4.78, 5) is 20.1. The van der Waals surface area contributed by atoms with Gasteiger partial charge in [-0.1, -0.05) is 6.92 Å². The second-order valence-corrected chi connectivity index (χ2v) is 4.21. The molecule has 0 bridgehead atoms. The first-order valence-electron chi connectivity index (χ1n) is 6.20. The number of amides is 1. The Morgan fingerprint density at radius 3 is 2.89 bits per heavy atom. The van der Waals surface area contributed by atoms with Gasteiger partial charge in [-0.3, -0.25) is 9.36 Å². The van der Waals surface area contributed by atoms with Crippen molar-refractivity contribution in [2.24, 2.45) is 11.7 Å². The number of carbonyl (C=O) groups excluding carboxylic acids is 1. The summed E-state index contributed by atoms with van der Waals surface area (Å²) >= 11 is 0. The van der Waals surface area contributed by atoms with E-state index in [9.17, 15) is 4.79 Å². The van der Waals surface area contributed by atoms with E-state index in [0.717, 1.165) is 12.2 Å². The zero-order chi connectivity index (χ0) is 13.7. The van der Waals surface area contributed by atoms with Crippen molar-refractivity contribution >= 4 is 11.6 Å². The maximum atomic E-state index is 11.9. The Bertz CT molecular complexity index is 516. The largest absolute Gasteiger partial charge is 0.330 e. The van der Waals surface area contributed by atoms with Crippen LogP contribution in [0, 0.1) is 5.92 Å². The van der Waals surface area contributed by atoms with Crippen LogP contribution in [0.3, 0.4) is 0 Å². The summed E-state index contributed by atoms with van der Waals surface area (Å²) in [6.07, 6.45) is 7.51. The summed E-state index contributed by atoms with van der Waals surface area (Å²) in [5, 5.41) is 2.81. The van der Waals surface area contributed by atoms with Crippen LogP contribution in [-0.4, -0.2) is 27.0 Å². The third kappa shape index (κ3) is 3.17. The van der Waals surface area contributed by atoms with E-state index in [1.165, 1.54) is 0 Å². The fourth-order valence-electron chi connectivity index (χ4n) is 1.71. The number of pyridine rings is 1. The summed E-state index contributed by atoms with van der Waals surface area (Å²) in [6.45, 7) is 2.29. The highest BCUT2D eigenvalue weighted by Crippen LogP contribution is 2.11. The molecule has 6 heteroatoms. The molecule has 0 aliphatic rings. The minimum absolute atomic E-state index is 0.0674. The average Bonchev–Trinajstić information content (AvgIpc) is 2.95. The summed E-state index contributed by atoms with van der Waals surface area (Å²) in [5.41, 5.74) is 6.21. The molecule has 0 radical (unpaired) electrons. The van der Waals surface area contributed by atoms with E-state index in [1.54, 1.807) is 23.3 Å². The molecule has 3 N–H and O–H groups in total. The summed E-state index contributed by atoms with van der Waals surface area (Å²) in [5.74, 6) is 0.525. The van der Waals surface area contributed by atoms with Crippen LogP contribution >= 0.6 is 0 Å². The van der Waals surface area contributed by atoms with Gasteiger partial charge in [0.15, 0.2) is 0 Å². The summed E-state index contributed by atoms with van der Waals surface area (Å²) in [6, 6.07) is 3.63. The number of imidazole rings is 1. The van der Waals surface area contributed by atoms with Gasteiger partial charge in [-0.2, -0.15) is 0 Å². The molecule has 1 unspecified atom stereocenters. The van der Waals surface area contributed by atoms with Crippen LogP contribution < -0.4 is 11.1 Å². The lowest BCUT2D eigenvalue weighted by Gasteiger charge is -2.12. The number of aromatic nitrogens is 3. The summed E-state index contributed by atoms with van der Waals surface area (Å²) in [7, 11) is 0. The Labute approximate surface area is 111 Å². The highest BCUT2D eigenvalue weighted by Gasteiger charge is 2.14. The first-order chi connectivity index (χ1) is 9.24. The monoisotopic (exact) mass is 259 g/mol. The second-order valence-electron chi connectivity index (χ2n) is 4.21. The third-order valence-electron chi connectivity index (χ3n) is 2.93. The van der Waals surface area contributed by atoms with Gasteiger partial charge in [0.25, 0.3) is 0 Å². The molecule has 1 amide bonds. The van der Waals surface area contributed by atoms with Gasteiger partial charge >= 0.3 is 0 Å². The molecule has 0 aliphatic carbocycles. The molecular formula is C13H17N5O. The average molecular weight is 259 g/mol. The minimum Gasteiger partial charge on any atom is -0.330 e. The number of hydrogen-bond acceptors (Lipinski definition) is 4. The van der Waals surface area contributed by atoms with Crippen LogP contribution in [0.4, 0.5) is 5.69 Å². The number of hydrogen-bond donors (Lipinski definition) is 2. The second kappa shape index (κ2) is 6.10. The molecule has 2 rings (SSSR count). The number of nitrogens with one attached hydrogen (secondary N) is 1. The fraction of sp³-hybridized carbons (Fsp3) is 0.308. The minimum atomic E-state index is -0.159. The SMILES string of the molecule is CCC(CN)C(=O)Nc1ccc(-n2ccnc2)nc1. The molecule has 1 atom stereocenters. The first-order valence-corrected chi connectivity index (χ1v) is 6.20. The summed E-state index contributed by atoms with van der Waals surface area (Å²) < 4.78 is 1.79. The molecule has 0 aromatic carbocycles. The van der Waals surface area contributed by atoms with E-state index in [4.69, 9.17) is 5.73 Å². The predicted molar refractivity (Wildman–Crippen MR) is 72.8 cm³/mol. The Morgan fingerprint density at radius 1 is 1.53 bits per heavy atom. The highest BCUT2D eigenvalue weighted by atomic mass is 16.1. The molecule has 0 saturated carbocycles. The Hall–Kier alpha value is -2.21. The van der Waals surface area contributed by atoms with E-state index >= 15 is 0 Å². The smallest absolute Gasteiger partial charge is 0.228 e. The number of anilines is 1. The van der Waals surface area contributed by atoms with Crippen LogP contribution in [0.15, 0.2) is 37.1 Å². The standard InChI is InChI=1S/C13H17N5O/c1-2-10(7-14)13(19)17-11-3-4-12(16-8-11)18-6-5-15-9-18/h3-6,8-10H,2,7,14H2,1H3,(H,17,19).